The first kappa shape index (κ1) is 13.5. The molecule has 0 amide bonds. The van der Waals surface area contributed by atoms with E-state index in [0.717, 1.165) is 31.4 Å². The number of hydrogen-bond acceptors (Lipinski definition) is 4. The maximum absolute atomic E-state index is 11.9. The number of H-pyrrole nitrogens is 1. The van der Waals surface area contributed by atoms with Crippen LogP contribution in [0.4, 0.5) is 5.69 Å². The number of nitro benzene ring substituents is 1. The second-order valence-electron chi connectivity index (χ2n) is 5.27. The first-order valence-corrected chi connectivity index (χ1v) is 7.00. The highest BCUT2D eigenvalue weighted by atomic mass is 16.6. The van der Waals surface area contributed by atoms with Crippen molar-refractivity contribution in [3.05, 3.63) is 56.5 Å². The molecular weight excluding hydrogens is 270 g/mol. The van der Waals surface area contributed by atoms with Crippen LogP contribution < -0.4 is 5.56 Å². The van der Waals surface area contributed by atoms with Crippen molar-refractivity contribution in [2.45, 2.75) is 31.6 Å². The number of nitrogens with zero attached hydrogens (tertiary/aromatic N) is 2. The number of para-hydroxylation sites is 1. The van der Waals surface area contributed by atoms with Crippen LogP contribution in [0.25, 0.3) is 11.4 Å². The van der Waals surface area contributed by atoms with Crippen molar-refractivity contribution < 1.29 is 4.92 Å². The number of rotatable bonds is 3. The minimum atomic E-state index is -0.461. The van der Waals surface area contributed by atoms with Gasteiger partial charge in [0.25, 0.3) is 11.2 Å². The summed E-state index contributed by atoms with van der Waals surface area (Å²) in [5.41, 5.74) is 0.771. The molecule has 1 saturated carbocycles. The zero-order valence-electron chi connectivity index (χ0n) is 11.4. The van der Waals surface area contributed by atoms with Crippen LogP contribution in [0.1, 0.15) is 37.3 Å². The number of aromatic amines is 1. The van der Waals surface area contributed by atoms with Crippen LogP contribution >= 0.6 is 0 Å². The normalized spacial score (nSPS) is 15.2. The molecule has 1 N–H and O–H groups in total. The minimum absolute atomic E-state index is 0.0516. The lowest BCUT2D eigenvalue weighted by Crippen LogP contribution is -2.12. The van der Waals surface area contributed by atoms with Gasteiger partial charge in [0.15, 0.2) is 0 Å². The maximum Gasteiger partial charge on any atom is 0.280 e. The van der Waals surface area contributed by atoms with Crippen molar-refractivity contribution in [1.29, 1.82) is 0 Å². The van der Waals surface area contributed by atoms with Crippen molar-refractivity contribution in [2.24, 2.45) is 0 Å². The molecule has 6 nitrogen and oxygen atoms in total. The summed E-state index contributed by atoms with van der Waals surface area (Å²) in [6, 6.07) is 7.83. The van der Waals surface area contributed by atoms with E-state index in [9.17, 15) is 14.9 Å². The van der Waals surface area contributed by atoms with Gasteiger partial charge in [-0.3, -0.25) is 14.9 Å². The third-order valence-corrected chi connectivity index (χ3v) is 3.89. The van der Waals surface area contributed by atoms with Crippen molar-refractivity contribution >= 4 is 5.69 Å². The van der Waals surface area contributed by atoms with Gasteiger partial charge in [0, 0.05) is 18.1 Å². The highest BCUT2D eigenvalue weighted by Gasteiger charge is 2.22. The van der Waals surface area contributed by atoms with E-state index in [0.29, 0.717) is 5.56 Å². The third-order valence-electron chi connectivity index (χ3n) is 3.89. The second kappa shape index (κ2) is 5.47. The van der Waals surface area contributed by atoms with E-state index in [1.54, 1.807) is 18.2 Å². The van der Waals surface area contributed by atoms with E-state index in [1.807, 2.05) is 0 Å². The van der Waals surface area contributed by atoms with Crippen LogP contribution in [-0.4, -0.2) is 14.9 Å². The van der Waals surface area contributed by atoms with Crippen molar-refractivity contribution in [3.8, 4) is 11.4 Å². The molecule has 0 atom stereocenters. The Balaban J connectivity index is 2.10. The molecule has 1 heterocycles. The Hall–Kier alpha value is -2.50. The lowest BCUT2D eigenvalue weighted by molar-refractivity contribution is -0.384. The third kappa shape index (κ3) is 2.69. The zero-order chi connectivity index (χ0) is 14.8. The molecule has 0 unspecified atom stereocenters. The second-order valence-corrected chi connectivity index (χ2v) is 5.27. The molecule has 6 heteroatoms. The number of nitro groups is 1. The molecule has 1 fully saturated rings. The lowest BCUT2D eigenvalue weighted by atomic mass is 10.0. The first-order chi connectivity index (χ1) is 10.1. The molecular formula is C15H15N3O3. The molecule has 2 aromatic rings. The van der Waals surface area contributed by atoms with Crippen LogP contribution in [0.2, 0.25) is 0 Å². The van der Waals surface area contributed by atoms with Gasteiger partial charge in [-0.2, -0.15) is 0 Å². The van der Waals surface area contributed by atoms with Gasteiger partial charge in [-0.05, 0) is 18.9 Å². The molecule has 0 spiro atoms. The van der Waals surface area contributed by atoms with E-state index in [-0.39, 0.29) is 23.0 Å². The zero-order valence-corrected chi connectivity index (χ0v) is 11.4. The van der Waals surface area contributed by atoms with Gasteiger partial charge >= 0.3 is 0 Å². The lowest BCUT2D eigenvalue weighted by Gasteiger charge is -2.10. The number of benzene rings is 1. The average molecular weight is 285 g/mol. The summed E-state index contributed by atoms with van der Waals surface area (Å²) in [5.74, 6) is 0.561. The van der Waals surface area contributed by atoms with Gasteiger partial charge in [-0.15, -0.1) is 0 Å². The minimum Gasteiger partial charge on any atom is -0.306 e. The molecule has 1 aliphatic rings. The van der Waals surface area contributed by atoms with Crippen molar-refractivity contribution in [3.63, 3.8) is 0 Å². The molecule has 0 aliphatic heterocycles. The van der Waals surface area contributed by atoms with Gasteiger partial charge in [0.2, 0.25) is 0 Å². The fourth-order valence-corrected chi connectivity index (χ4v) is 2.87. The van der Waals surface area contributed by atoms with Crippen LogP contribution in [-0.2, 0) is 0 Å². The highest BCUT2D eigenvalue weighted by Crippen LogP contribution is 2.33. The quantitative estimate of drug-likeness (QED) is 0.693. The Morgan fingerprint density at radius 1 is 1.24 bits per heavy atom. The summed E-state index contributed by atoms with van der Waals surface area (Å²) in [5, 5.41) is 11.1. The van der Waals surface area contributed by atoms with Gasteiger partial charge < -0.3 is 4.98 Å². The molecule has 1 aromatic heterocycles. The Kier molecular flexibility index (Phi) is 3.51. The van der Waals surface area contributed by atoms with Crippen LogP contribution in [0, 0.1) is 10.1 Å². The number of nitrogens with one attached hydrogen (secondary N) is 1. The van der Waals surface area contributed by atoms with Crippen LogP contribution in [0.3, 0.4) is 0 Å². The summed E-state index contributed by atoms with van der Waals surface area (Å²) >= 11 is 0. The Morgan fingerprint density at radius 3 is 2.67 bits per heavy atom. The smallest absolute Gasteiger partial charge is 0.280 e. The monoisotopic (exact) mass is 285 g/mol. The predicted molar refractivity (Wildman–Crippen MR) is 78.2 cm³/mol. The Labute approximate surface area is 121 Å². The molecule has 1 aromatic carbocycles. The summed E-state index contributed by atoms with van der Waals surface area (Å²) in [6.07, 6.45) is 4.32. The van der Waals surface area contributed by atoms with E-state index in [4.69, 9.17) is 0 Å². The summed E-state index contributed by atoms with van der Waals surface area (Å²) < 4.78 is 0. The molecule has 3 rings (SSSR count). The van der Waals surface area contributed by atoms with Crippen molar-refractivity contribution in [2.75, 3.05) is 0 Å². The Morgan fingerprint density at radius 2 is 1.95 bits per heavy atom. The van der Waals surface area contributed by atoms with Gasteiger partial charge in [-0.25, -0.2) is 4.98 Å². The molecule has 108 valence electrons. The standard InChI is InChI=1S/C15H15N3O3/c19-14-9-12(10-5-1-2-6-10)16-15(17-14)11-7-3-4-8-13(11)18(20)21/h3-4,7-10H,1-2,5-6H2,(H,16,17,19). The van der Waals surface area contributed by atoms with Gasteiger partial charge in [-0.1, -0.05) is 25.0 Å². The average Bonchev–Trinajstić information content (AvgIpc) is 3.01. The topological polar surface area (TPSA) is 88.9 Å². The molecule has 0 bridgehead atoms. The highest BCUT2D eigenvalue weighted by molar-refractivity contribution is 5.67. The van der Waals surface area contributed by atoms with Gasteiger partial charge in [0.05, 0.1) is 16.2 Å². The summed E-state index contributed by atoms with van der Waals surface area (Å²) in [6.45, 7) is 0. The number of aromatic nitrogens is 2. The maximum atomic E-state index is 11.9. The van der Waals surface area contributed by atoms with E-state index < -0.39 is 4.92 Å². The molecule has 0 saturated heterocycles. The van der Waals surface area contributed by atoms with Crippen LogP contribution in [0.15, 0.2) is 35.1 Å². The van der Waals surface area contributed by atoms with Crippen LogP contribution in [0.5, 0.6) is 0 Å². The largest absolute Gasteiger partial charge is 0.306 e. The molecule has 21 heavy (non-hydrogen) atoms. The predicted octanol–water partition coefficient (Wildman–Crippen LogP) is 3.00. The fraction of sp³-hybridized carbons (Fsp3) is 0.333. The number of hydrogen-bond donors (Lipinski definition) is 1. The molecule has 1 aliphatic carbocycles. The summed E-state index contributed by atoms with van der Waals surface area (Å²) in [7, 11) is 0. The SMILES string of the molecule is O=c1cc(C2CCCC2)nc(-c2ccccc2[N+](=O)[O-])[nH]1. The van der Waals surface area contributed by atoms with E-state index in [1.165, 1.54) is 12.1 Å². The van der Waals surface area contributed by atoms with E-state index in [2.05, 4.69) is 9.97 Å². The van der Waals surface area contributed by atoms with Crippen molar-refractivity contribution in [1.82, 2.24) is 9.97 Å². The first-order valence-electron chi connectivity index (χ1n) is 7.00. The molecule has 0 radical (unpaired) electrons. The fourth-order valence-electron chi connectivity index (χ4n) is 2.87. The van der Waals surface area contributed by atoms with Gasteiger partial charge in [0.1, 0.15) is 5.82 Å². The van der Waals surface area contributed by atoms with E-state index >= 15 is 0 Å². The Bertz CT molecular complexity index is 733. The summed E-state index contributed by atoms with van der Waals surface area (Å²) in [4.78, 5) is 29.6.